The first kappa shape index (κ1) is 16.1. The lowest BCUT2D eigenvalue weighted by Crippen LogP contribution is -2.34. The van der Waals surface area contributed by atoms with Crippen molar-refractivity contribution in [1.29, 1.82) is 0 Å². The van der Waals surface area contributed by atoms with E-state index in [1.54, 1.807) is 13.1 Å². The van der Waals surface area contributed by atoms with Crippen LogP contribution in [0.1, 0.15) is 17.1 Å². The molecule has 0 unspecified atom stereocenters. The average Bonchev–Trinajstić information content (AvgIpc) is 2.90. The van der Waals surface area contributed by atoms with E-state index in [1.165, 1.54) is 4.68 Å². The van der Waals surface area contributed by atoms with Crippen LogP contribution in [0.4, 0.5) is 13.2 Å². The predicted molar refractivity (Wildman–Crippen MR) is 74.8 cm³/mol. The number of hydrogen-bond donors (Lipinski definition) is 1. The molecule has 0 saturated carbocycles. The van der Waals surface area contributed by atoms with Crippen molar-refractivity contribution in [2.24, 2.45) is 7.05 Å². The fourth-order valence-electron chi connectivity index (χ4n) is 2.22. The van der Waals surface area contributed by atoms with E-state index in [2.05, 4.69) is 5.10 Å². The highest BCUT2D eigenvalue weighted by Gasteiger charge is 2.27. The van der Waals surface area contributed by atoms with E-state index >= 15 is 0 Å². The second-order valence-electron chi connectivity index (χ2n) is 5.14. The van der Waals surface area contributed by atoms with E-state index in [9.17, 15) is 18.0 Å². The summed E-state index contributed by atoms with van der Waals surface area (Å²) in [6.07, 6.45) is -4.56. The largest absolute Gasteiger partial charge is 0.405 e. The number of aryl methyl sites for hydroxylation is 3. The summed E-state index contributed by atoms with van der Waals surface area (Å²) >= 11 is 0. The number of carbonyl (C=O) groups is 1. The third-order valence-corrected chi connectivity index (χ3v) is 3.29. The molecule has 0 aliphatic rings. The molecular formula is C14H17F3N4O. The number of hydrogen-bond acceptors (Lipinski definition) is 2. The molecule has 0 radical (unpaired) electrons. The zero-order valence-electron chi connectivity index (χ0n) is 12.5. The third-order valence-electron chi connectivity index (χ3n) is 3.29. The van der Waals surface area contributed by atoms with Gasteiger partial charge >= 0.3 is 6.18 Å². The Bertz CT molecular complexity index is 665. The van der Waals surface area contributed by atoms with Gasteiger partial charge in [-0.05, 0) is 26.0 Å². The molecule has 2 aromatic heterocycles. The lowest BCUT2D eigenvalue weighted by Gasteiger charge is -2.08. The van der Waals surface area contributed by atoms with E-state index in [0.717, 1.165) is 11.4 Å². The molecule has 2 aromatic rings. The monoisotopic (exact) mass is 314 g/mol. The van der Waals surface area contributed by atoms with E-state index < -0.39 is 18.6 Å². The van der Waals surface area contributed by atoms with Crippen molar-refractivity contribution in [2.75, 3.05) is 6.54 Å². The molecule has 0 atom stereocenters. The zero-order valence-corrected chi connectivity index (χ0v) is 12.5. The summed E-state index contributed by atoms with van der Waals surface area (Å²) in [6.45, 7) is 2.53. The highest BCUT2D eigenvalue weighted by molar-refractivity contribution is 5.78. The molecule has 22 heavy (non-hydrogen) atoms. The predicted octanol–water partition coefficient (Wildman–Crippen LogP) is 2.05. The summed E-state index contributed by atoms with van der Waals surface area (Å²) in [4.78, 5) is 11.6. The average molecular weight is 314 g/mol. The number of carbonyl (C=O) groups excluding carboxylic acids is 1. The molecular weight excluding hydrogens is 297 g/mol. The van der Waals surface area contributed by atoms with Gasteiger partial charge in [-0.1, -0.05) is 0 Å². The molecule has 5 nitrogen and oxygen atoms in total. The second kappa shape index (κ2) is 5.86. The van der Waals surface area contributed by atoms with Gasteiger partial charge in [0, 0.05) is 30.2 Å². The summed E-state index contributed by atoms with van der Waals surface area (Å²) in [7, 11) is 1.66. The van der Waals surface area contributed by atoms with Crippen molar-refractivity contribution in [3.63, 3.8) is 0 Å². The summed E-state index contributed by atoms with van der Waals surface area (Å²) in [5.74, 6) is -0.0473. The number of nitrogens with one attached hydrogen (secondary N) is 1. The quantitative estimate of drug-likeness (QED) is 0.939. The van der Waals surface area contributed by atoms with Crippen LogP contribution in [0.3, 0.4) is 0 Å². The first-order valence-corrected chi connectivity index (χ1v) is 6.69. The van der Waals surface area contributed by atoms with Gasteiger partial charge in [0.1, 0.15) is 6.54 Å². The van der Waals surface area contributed by atoms with Crippen LogP contribution in [0, 0.1) is 13.8 Å². The standard InChI is InChI=1S/C14H17F3N4O/c1-9-4-5-10(2)21(9)12-6-11(20(3)19-12)7-13(22)18-8-14(15,16)17/h4-6H,7-8H2,1-3H3,(H,18,22). The maximum atomic E-state index is 12.1. The van der Waals surface area contributed by atoms with Gasteiger partial charge in [-0.15, -0.1) is 0 Å². The molecule has 0 spiro atoms. The van der Waals surface area contributed by atoms with Gasteiger partial charge in [0.05, 0.1) is 6.42 Å². The first-order chi connectivity index (χ1) is 10.2. The molecule has 0 bridgehead atoms. The third kappa shape index (κ3) is 3.69. The Labute approximate surface area is 125 Å². The Morgan fingerprint density at radius 3 is 2.41 bits per heavy atom. The SMILES string of the molecule is Cc1ccc(C)n1-c1cc(CC(=O)NCC(F)(F)F)n(C)n1. The molecule has 0 aromatic carbocycles. The van der Waals surface area contributed by atoms with Gasteiger partial charge in [0.2, 0.25) is 5.91 Å². The van der Waals surface area contributed by atoms with Crippen LogP contribution < -0.4 is 5.32 Å². The zero-order chi connectivity index (χ0) is 16.5. The highest BCUT2D eigenvalue weighted by atomic mass is 19.4. The van der Waals surface area contributed by atoms with Crippen LogP contribution in [0.5, 0.6) is 0 Å². The normalized spacial score (nSPS) is 11.7. The van der Waals surface area contributed by atoms with Crippen LogP contribution in [0.2, 0.25) is 0 Å². The Hall–Kier alpha value is -2.25. The highest BCUT2D eigenvalue weighted by Crippen LogP contribution is 2.17. The smallest absolute Gasteiger partial charge is 0.347 e. The number of nitrogens with zero attached hydrogens (tertiary/aromatic N) is 3. The Balaban J connectivity index is 2.12. The topological polar surface area (TPSA) is 51.9 Å². The second-order valence-corrected chi connectivity index (χ2v) is 5.14. The number of amides is 1. The number of alkyl halides is 3. The molecule has 0 aliphatic heterocycles. The molecule has 2 heterocycles. The fraction of sp³-hybridized carbons (Fsp3) is 0.429. The maximum Gasteiger partial charge on any atom is 0.405 e. The molecule has 1 N–H and O–H groups in total. The van der Waals surface area contributed by atoms with Gasteiger partial charge in [-0.3, -0.25) is 9.48 Å². The molecule has 8 heteroatoms. The van der Waals surface area contributed by atoms with Crippen molar-refractivity contribution >= 4 is 5.91 Å². The van der Waals surface area contributed by atoms with E-state index in [0.29, 0.717) is 11.5 Å². The van der Waals surface area contributed by atoms with Crippen LogP contribution >= 0.6 is 0 Å². The van der Waals surface area contributed by atoms with Crippen LogP contribution in [0.15, 0.2) is 18.2 Å². The van der Waals surface area contributed by atoms with E-state index in [4.69, 9.17) is 0 Å². The Morgan fingerprint density at radius 1 is 1.27 bits per heavy atom. The Morgan fingerprint density at radius 2 is 1.86 bits per heavy atom. The lowest BCUT2D eigenvalue weighted by atomic mass is 10.3. The lowest BCUT2D eigenvalue weighted by molar-refractivity contribution is -0.138. The van der Waals surface area contributed by atoms with E-state index in [1.807, 2.05) is 35.9 Å². The summed E-state index contributed by atoms with van der Waals surface area (Å²) < 4.78 is 39.6. The van der Waals surface area contributed by atoms with Crippen molar-refractivity contribution in [1.82, 2.24) is 19.7 Å². The fourth-order valence-corrected chi connectivity index (χ4v) is 2.22. The van der Waals surface area contributed by atoms with Crippen molar-refractivity contribution in [2.45, 2.75) is 26.4 Å². The minimum Gasteiger partial charge on any atom is -0.347 e. The Kier molecular flexibility index (Phi) is 4.30. The van der Waals surface area contributed by atoms with Gasteiger partial charge in [-0.2, -0.15) is 18.3 Å². The first-order valence-electron chi connectivity index (χ1n) is 6.69. The molecule has 0 aliphatic carbocycles. The maximum absolute atomic E-state index is 12.1. The number of halogens is 3. The minimum absolute atomic E-state index is 0.154. The molecule has 0 saturated heterocycles. The number of rotatable bonds is 4. The molecule has 0 fully saturated rings. The van der Waals surface area contributed by atoms with Crippen LogP contribution in [0.25, 0.3) is 5.82 Å². The van der Waals surface area contributed by atoms with Gasteiger partial charge in [-0.25, -0.2) is 0 Å². The van der Waals surface area contributed by atoms with Gasteiger partial charge in [0.15, 0.2) is 5.82 Å². The minimum atomic E-state index is -4.41. The van der Waals surface area contributed by atoms with Gasteiger partial charge < -0.3 is 9.88 Å². The van der Waals surface area contributed by atoms with E-state index in [-0.39, 0.29) is 6.42 Å². The molecule has 1 amide bonds. The number of aromatic nitrogens is 3. The summed E-state index contributed by atoms with van der Waals surface area (Å²) in [5.41, 5.74) is 2.52. The molecule has 2 rings (SSSR count). The van der Waals surface area contributed by atoms with Crippen molar-refractivity contribution in [3.8, 4) is 5.82 Å². The van der Waals surface area contributed by atoms with Crippen molar-refractivity contribution < 1.29 is 18.0 Å². The van der Waals surface area contributed by atoms with Crippen LogP contribution in [-0.2, 0) is 18.3 Å². The summed E-state index contributed by atoms with van der Waals surface area (Å²) in [6, 6.07) is 5.59. The molecule has 120 valence electrons. The van der Waals surface area contributed by atoms with Gasteiger partial charge in [0.25, 0.3) is 0 Å². The van der Waals surface area contributed by atoms with Crippen LogP contribution in [-0.4, -0.2) is 33.0 Å². The summed E-state index contributed by atoms with van der Waals surface area (Å²) in [5, 5.41) is 6.17. The van der Waals surface area contributed by atoms with Crippen molar-refractivity contribution in [3.05, 3.63) is 35.3 Å².